The fourth-order valence-electron chi connectivity index (χ4n) is 2.84. The molecule has 1 fully saturated rings. The lowest BCUT2D eigenvalue weighted by molar-refractivity contribution is 0.0943. The Bertz CT molecular complexity index is 397. The second-order valence-electron chi connectivity index (χ2n) is 6.77. The maximum atomic E-state index is 3.80. The smallest absolute Gasteiger partial charge is 0.0388 e. The summed E-state index contributed by atoms with van der Waals surface area (Å²) in [5.74, 6) is 0. The lowest BCUT2D eigenvalue weighted by Gasteiger charge is -2.41. The van der Waals surface area contributed by atoms with Gasteiger partial charge in [-0.2, -0.15) is 0 Å². The van der Waals surface area contributed by atoms with Crippen molar-refractivity contribution in [2.24, 2.45) is 0 Å². The highest BCUT2D eigenvalue weighted by molar-refractivity contribution is 7.12. The van der Waals surface area contributed by atoms with Gasteiger partial charge in [-0.25, -0.2) is 0 Å². The number of aryl methyl sites for hydroxylation is 1. The van der Waals surface area contributed by atoms with Gasteiger partial charge in [0.15, 0.2) is 0 Å². The molecule has 1 aromatic rings. The van der Waals surface area contributed by atoms with E-state index in [1.807, 2.05) is 11.3 Å². The third-order valence-electron chi connectivity index (χ3n) is 4.12. The number of hydrogen-bond donors (Lipinski definition) is 1. The SMILES string of the molecule is Cc1ccc(C(C)NC2CCN(C(C)(C)C)CC2)s1. The predicted octanol–water partition coefficient (Wildman–Crippen LogP) is 3.97. The average Bonchev–Trinajstić information content (AvgIpc) is 2.75. The molecule has 1 N–H and O–H groups in total. The molecule has 0 spiro atoms. The predicted molar refractivity (Wildman–Crippen MR) is 85.0 cm³/mol. The summed E-state index contributed by atoms with van der Waals surface area (Å²) < 4.78 is 0. The number of nitrogens with one attached hydrogen (secondary N) is 1. The van der Waals surface area contributed by atoms with Crippen molar-refractivity contribution in [1.82, 2.24) is 10.2 Å². The van der Waals surface area contributed by atoms with Crippen LogP contribution in [0.3, 0.4) is 0 Å². The Labute approximate surface area is 122 Å². The fraction of sp³-hybridized carbons (Fsp3) is 0.750. The van der Waals surface area contributed by atoms with Crippen molar-refractivity contribution in [3.05, 3.63) is 21.9 Å². The van der Waals surface area contributed by atoms with Crippen molar-refractivity contribution < 1.29 is 0 Å². The molecule has 19 heavy (non-hydrogen) atoms. The van der Waals surface area contributed by atoms with E-state index in [9.17, 15) is 0 Å². The maximum absolute atomic E-state index is 3.80. The first kappa shape index (κ1) is 15.0. The number of likely N-dealkylation sites (tertiary alicyclic amines) is 1. The van der Waals surface area contributed by atoms with Gasteiger partial charge in [0.05, 0.1) is 0 Å². The molecule has 0 amide bonds. The lowest BCUT2D eigenvalue weighted by atomic mass is 9.97. The summed E-state index contributed by atoms with van der Waals surface area (Å²) in [6.07, 6.45) is 2.54. The van der Waals surface area contributed by atoms with Crippen LogP contribution in [0.5, 0.6) is 0 Å². The zero-order valence-electron chi connectivity index (χ0n) is 13.0. The van der Waals surface area contributed by atoms with Crippen LogP contribution in [0, 0.1) is 6.92 Å². The van der Waals surface area contributed by atoms with E-state index in [0.29, 0.717) is 17.6 Å². The van der Waals surface area contributed by atoms with Crippen LogP contribution in [0.25, 0.3) is 0 Å². The standard InChI is InChI=1S/C16H28N2S/c1-12-6-7-15(19-12)13(2)17-14-8-10-18(11-9-14)16(3,4)5/h6-7,13-14,17H,8-11H2,1-5H3. The molecule has 1 unspecified atom stereocenters. The molecule has 1 saturated heterocycles. The van der Waals surface area contributed by atoms with Crippen molar-refractivity contribution in [2.75, 3.05) is 13.1 Å². The topological polar surface area (TPSA) is 15.3 Å². The molecule has 1 atom stereocenters. The molecule has 108 valence electrons. The van der Waals surface area contributed by atoms with E-state index < -0.39 is 0 Å². The number of rotatable bonds is 3. The fourth-order valence-corrected chi connectivity index (χ4v) is 3.73. The van der Waals surface area contributed by atoms with E-state index in [1.165, 1.54) is 35.7 Å². The summed E-state index contributed by atoms with van der Waals surface area (Å²) in [4.78, 5) is 5.48. The molecule has 2 rings (SSSR count). The molecule has 0 aromatic carbocycles. The van der Waals surface area contributed by atoms with Crippen LogP contribution in [0.15, 0.2) is 12.1 Å². The van der Waals surface area contributed by atoms with Crippen LogP contribution < -0.4 is 5.32 Å². The molecule has 3 heteroatoms. The highest BCUT2D eigenvalue weighted by Gasteiger charge is 2.27. The number of thiophene rings is 1. The average molecular weight is 280 g/mol. The molecule has 1 aliphatic heterocycles. The molecule has 0 bridgehead atoms. The van der Waals surface area contributed by atoms with E-state index >= 15 is 0 Å². The number of hydrogen-bond acceptors (Lipinski definition) is 3. The van der Waals surface area contributed by atoms with Crippen LogP contribution in [0.1, 0.15) is 56.3 Å². The van der Waals surface area contributed by atoms with Crippen LogP contribution in [0.2, 0.25) is 0 Å². The first-order valence-electron chi connectivity index (χ1n) is 7.43. The maximum Gasteiger partial charge on any atom is 0.0388 e. The van der Waals surface area contributed by atoms with Gasteiger partial charge in [0.2, 0.25) is 0 Å². The Hall–Kier alpha value is -0.380. The monoisotopic (exact) mass is 280 g/mol. The van der Waals surface area contributed by atoms with E-state index in [4.69, 9.17) is 0 Å². The molecular weight excluding hydrogens is 252 g/mol. The molecule has 1 aromatic heterocycles. The quantitative estimate of drug-likeness (QED) is 0.901. The summed E-state index contributed by atoms with van der Waals surface area (Å²) in [6, 6.07) is 5.66. The van der Waals surface area contributed by atoms with Gasteiger partial charge in [0, 0.05) is 40.5 Å². The second kappa shape index (κ2) is 5.94. The summed E-state index contributed by atoms with van der Waals surface area (Å²) in [6.45, 7) is 13.9. The Morgan fingerprint density at radius 1 is 1.26 bits per heavy atom. The summed E-state index contributed by atoms with van der Waals surface area (Å²) >= 11 is 1.92. The largest absolute Gasteiger partial charge is 0.307 e. The summed E-state index contributed by atoms with van der Waals surface area (Å²) in [5, 5.41) is 3.80. The Morgan fingerprint density at radius 2 is 1.89 bits per heavy atom. The van der Waals surface area contributed by atoms with Crippen LogP contribution >= 0.6 is 11.3 Å². The second-order valence-corrected chi connectivity index (χ2v) is 8.09. The van der Waals surface area contributed by atoms with Gasteiger partial charge in [-0.15, -0.1) is 11.3 Å². The van der Waals surface area contributed by atoms with Crippen LogP contribution in [-0.4, -0.2) is 29.6 Å². The van der Waals surface area contributed by atoms with Gasteiger partial charge >= 0.3 is 0 Å². The summed E-state index contributed by atoms with van der Waals surface area (Å²) in [7, 11) is 0. The minimum atomic E-state index is 0.321. The van der Waals surface area contributed by atoms with Crippen molar-refractivity contribution >= 4 is 11.3 Å². The Morgan fingerprint density at radius 3 is 2.37 bits per heavy atom. The van der Waals surface area contributed by atoms with Gasteiger partial charge in [0.1, 0.15) is 0 Å². The first-order valence-corrected chi connectivity index (χ1v) is 8.25. The molecule has 2 heterocycles. The van der Waals surface area contributed by atoms with Gasteiger partial charge < -0.3 is 5.32 Å². The van der Waals surface area contributed by atoms with Gasteiger partial charge in [-0.05, 0) is 59.6 Å². The molecule has 1 aliphatic rings. The van der Waals surface area contributed by atoms with Gasteiger partial charge in [0.25, 0.3) is 0 Å². The van der Waals surface area contributed by atoms with E-state index in [1.54, 1.807) is 0 Å². The zero-order chi connectivity index (χ0) is 14.0. The highest BCUT2D eigenvalue weighted by Crippen LogP contribution is 2.25. The van der Waals surface area contributed by atoms with Crippen molar-refractivity contribution in [1.29, 1.82) is 0 Å². The van der Waals surface area contributed by atoms with E-state index in [0.717, 1.165) is 0 Å². The van der Waals surface area contributed by atoms with Gasteiger partial charge in [-0.1, -0.05) is 0 Å². The van der Waals surface area contributed by atoms with Crippen molar-refractivity contribution in [3.63, 3.8) is 0 Å². The highest BCUT2D eigenvalue weighted by atomic mass is 32.1. The Kier molecular flexibility index (Phi) is 4.70. The Balaban J connectivity index is 1.82. The third-order valence-corrected chi connectivity index (χ3v) is 5.30. The van der Waals surface area contributed by atoms with Crippen molar-refractivity contribution in [3.8, 4) is 0 Å². The molecule has 0 radical (unpaired) electrons. The summed E-state index contributed by atoms with van der Waals surface area (Å²) in [5.41, 5.74) is 0.321. The van der Waals surface area contributed by atoms with Crippen LogP contribution in [0.4, 0.5) is 0 Å². The molecular formula is C16H28N2S. The third kappa shape index (κ3) is 4.04. The minimum absolute atomic E-state index is 0.321. The van der Waals surface area contributed by atoms with Crippen LogP contribution in [-0.2, 0) is 0 Å². The van der Waals surface area contributed by atoms with Gasteiger partial charge in [-0.3, -0.25) is 4.90 Å². The molecule has 0 aliphatic carbocycles. The lowest BCUT2D eigenvalue weighted by Crippen LogP contribution is -2.50. The van der Waals surface area contributed by atoms with E-state index in [2.05, 4.69) is 57.0 Å². The molecule has 0 saturated carbocycles. The normalized spacial score (nSPS) is 20.7. The molecule has 2 nitrogen and oxygen atoms in total. The first-order chi connectivity index (χ1) is 8.86. The zero-order valence-corrected chi connectivity index (χ0v) is 13.8. The van der Waals surface area contributed by atoms with E-state index in [-0.39, 0.29) is 0 Å². The van der Waals surface area contributed by atoms with Crippen molar-refractivity contribution in [2.45, 2.75) is 65.1 Å². The number of piperidine rings is 1. The number of nitrogens with zero attached hydrogens (tertiary/aromatic N) is 1. The minimum Gasteiger partial charge on any atom is -0.307 e.